The minimum Gasteiger partial charge on any atom is -0.445 e. The van der Waals surface area contributed by atoms with Gasteiger partial charge in [-0.3, -0.25) is 4.90 Å². The highest BCUT2D eigenvalue weighted by Crippen LogP contribution is 2.43. The molecule has 1 aromatic heterocycles. The molecule has 1 aliphatic heterocycles. The second kappa shape index (κ2) is 8.15. The van der Waals surface area contributed by atoms with Gasteiger partial charge in [-0.25, -0.2) is 4.79 Å². The van der Waals surface area contributed by atoms with E-state index in [1.54, 1.807) is 0 Å². The zero-order valence-electron chi connectivity index (χ0n) is 17.4. The lowest BCUT2D eigenvalue weighted by molar-refractivity contribution is 0.0876. The number of aromatic amines is 1. The van der Waals surface area contributed by atoms with Crippen LogP contribution in [0.5, 0.6) is 0 Å². The molecule has 0 saturated carbocycles. The highest BCUT2D eigenvalue weighted by atomic mass is 16.5. The van der Waals surface area contributed by atoms with E-state index in [2.05, 4.69) is 46.5 Å². The van der Waals surface area contributed by atoms with Gasteiger partial charge < -0.3 is 15.0 Å². The quantitative estimate of drug-likeness (QED) is 0.655. The van der Waals surface area contributed by atoms with Crippen LogP contribution in [0.1, 0.15) is 42.4 Å². The Morgan fingerprint density at radius 2 is 2.07 bits per heavy atom. The molecule has 5 nitrogen and oxygen atoms in total. The second-order valence-electron chi connectivity index (χ2n) is 8.60. The number of hydrogen-bond donors (Lipinski definition) is 2. The Bertz CT molecular complexity index is 1030. The summed E-state index contributed by atoms with van der Waals surface area (Å²) < 4.78 is 5.49. The largest absolute Gasteiger partial charge is 0.445 e. The molecule has 2 aliphatic rings. The number of carbonyl (C=O) groups is 1. The van der Waals surface area contributed by atoms with E-state index in [0.29, 0.717) is 18.6 Å². The fourth-order valence-electron chi connectivity index (χ4n) is 5.38. The van der Waals surface area contributed by atoms with Crippen LogP contribution in [-0.2, 0) is 17.8 Å². The number of alkyl carbamates (subject to hydrolysis) is 1. The van der Waals surface area contributed by atoms with Crippen molar-refractivity contribution in [2.24, 2.45) is 0 Å². The molecule has 2 aromatic carbocycles. The molecule has 1 amide bonds. The van der Waals surface area contributed by atoms with Gasteiger partial charge in [0.25, 0.3) is 0 Å². The van der Waals surface area contributed by atoms with Crippen LogP contribution in [0.25, 0.3) is 10.9 Å². The summed E-state index contributed by atoms with van der Waals surface area (Å²) in [6, 6.07) is 17.0. The maximum absolute atomic E-state index is 12.5. The van der Waals surface area contributed by atoms with Crippen LogP contribution in [0, 0.1) is 0 Å². The van der Waals surface area contributed by atoms with E-state index in [0.717, 1.165) is 37.9 Å². The number of nitrogens with one attached hydrogen (secondary N) is 2. The van der Waals surface area contributed by atoms with Gasteiger partial charge in [0.05, 0.1) is 0 Å². The number of likely N-dealkylation sites (tertiary alicyclic amines) is 1. The van der Waals surface area contributed by atoms with Crippen molar-refractivity contribution >= 4 is 17.0 Å². The van der Waals surface area contributed by atoms with Crippen molar-refractivity contribution in [3.8, 4) is 0 Å². The van der Waals surface area contributed by atoms with Crippen LogP contribution in [0.2, 0.25) is 0 Å². The maximum Gasteiger partial charge on any atom is 0.407 e. The third kappa shape index (κ3) is 3.58. The average Bonchev–Trinajstić information content (AvgIpc) is 3.18. The number of nitrogens with zero attached hydrogens (tertiary/aromatic N) is 1. The van der Waals surface area contributed by atoms with Gasteiger partial charge in [-0.15, -0.1) is 0 Å². The number of H-pyrrole nitrogens is 1. The second-order valence-corrected chi connectivity index (χ2v) is 8.60. The van der Waals surface area contributed by atoms with Gasteiger partial charge in [0.1, 0.15) is 6.61 Å². The molecule has 1 saturated heterocycles. The lowest BCUT2D eigenvalue weighted by atomic mass is 9.74. The normalized spacial score (nSPS) is 23.2. The van der Waals surface area contributed by atoms with E-state index in [-0.39, 0.29) is 12.1 Å². The Balaban J connectivity index is 1.33. The Kier molecular flexibility index (Phi) is 5.21. The van der Waals surface area contributed by atoms with Crippen LogP contribution >= 0.6 is 0 Å². The Labute approximate surface area is 177 Å². The molecular weight excluding hydrogens is 374 g/mol. The minimum absolute atomic E-state index is 0.0943. The lowest BCUT2D eigenvalue weighted by Crippen LogP contribution is -2.56. The summed E-state index contributed by atoms with van der Waals surface area (Å²) in [4.78, 5) is 18.5. The monoisotopic (exact) mass is 403 g/mol. The summed E-state index contributed by atoms with van der Waals surface area (Å²) in [6.07, 6.45) is 5.00. The number of ether oxygens (including phenoxy) is 1. The Hall–Kier alpha value is -2.79. The van der Waals surface area contributed by atoms with Gasteiger partial charge in [-0.2, -0.15) is 0 Å². The third-order valence-corrected chi connectivity index (χ3v) is 6.62. The molecule has 3 aromatic rings. The molecule has 0 radical (unpaired) electrons. The first-order chi connectivity index (χ1) is 14.7. The van der Waals surface area contributed by atoms with Crippen molar-refractivity contribution in [2.45, 2.75) is 50.8 Å². The number of benzene rings is 2. The first kappa shape index (κ1) is 19.2. The Morgan fingerprint density at radius 1 is 1.20 bits per heavy atom. The van der Waals surface area contributed by atoms with Gasteiger partial charge in [-0.1, -0.05) is 49.4 Å². The average molecular weight is 404 g/mol. The van der Waals surface area contributed by atoms with Crippen LogP contribution in [0.4, 0.5) is 4.79 Å². The summed E-state index contributed by atoms with van der Waals surface area (Å²) in [5.41, 5.74) is 5.07. The van der Waals surface area contributed by atoms with E-state index in [4.69, 9.17) is 4.74 Å². The maximum atomic E-state index is 12.5. The number of aromatic nitrogens is 1. The topological polar surface area (TPSA) is 57.4 Å². The first-order valence-corrected chi connectivity index (χ1v) is 11.0. The van der Waals surface area contributed by atoms with Crippen molar-refractivity contribution in [1.82, 2.24) is 15.2 Å². The van der Waals surface area contributed by atoms with Crippen LogP contribution in [-0.4, -0.2) is 41.2 Å². The number of amides is 1. The van der Waals surface area contributed by atoms with Gasteiger partial charge in [-0.05, 0) is 48.6 Å². The molecule has 0 bridgehead atoms. The molecule has 3 atom stereocenters. The zero-order chi connectivity index (χ0) is 20.5. The number of hydrogen-bond acceptors (Lipinski definition) is 3. The highest BCUT2D eigenvalue weighted by Gasteiger charge is 2.40. The predicted molar refractivity (Wildman–Crippen MR) is 119 cm³/mol. The molecule has 0 spiro atoms. The molecule has 1 aliphatic carbocycles. The van der Waals surface area contributed by atoms with Crippen LogP contribution in [0.3, 0.4) is 0 Å². The molecule has 30 heavy (non-hydrogen) atoms. The molecule has 2 heterocycles. The highest BCUT2D eigenvalue weighted by molar-refractivity contribution is 5.88. The fourth-order valence-corrected chi connectivity index (χ4v) is 5.38. The first-order valence-electron chi connectivity index (χ1n) is 11.0. The van der Waals surface area contributed by atoms with Crippen molar-refractivity contribution < 1.29 is 9.53 Å². The number of piperidine rings is 1. The zero-order valence-corrected chi connectivity index (χ0v) is 17.4. The van der Waals surface area contributed by atoms with Crippen molar-refractivity contribution in [2.75, 3.05) is 13.1 Å². The summed E-state index contributed by atoms with van der Waals surface area (Å²) in [5.74, 6) is 0.428. The molecule has 156 valence electrons. The number of fused-ring (bicyclic) bond motifs is 2. The minimum atomic E-state index is -0.324. The number of carbonyl (C=O) groups excluding carboxylic acids is 1. The van der Waals surface area contributed by atoms with Crippen molar-refractivity contribution in [3.05, 3.63) is 71.4 Å². The summed E-state index contributed by atoms with van der Waals surface area (Å²) in [5, 5.41) is 4.54. The summed E-state index contributed by atoms with van der Waals surface area (Å²) >= 11 is 0. The van der Waals surface area contributed by atoms with E-state index >= 15 is 0 Å². The van der Waals surface area contributed by atoms with Gasteiger partial charge in [0.15, 0.2) is 0 Å². The van der Waals surface area contributed by atoms with Gasteiger partial charge in [0, 0.05) is 41.6 Å². The lowest BCUT2D eigenvalue weighted by Gasteiger charge is -2.47. The van der Waals surface area contributed by atoms with Crippen molar-refractivity contribution in [3.63, 3.8) is 0 Å². The Morgan fingerprint density at radius 3 is 2.90 bits per heavy atom. The fraction of sp³-hybridized carbons (Fsp3) is 0.400. The molecule has 2 N–H and O–H groups in total. The van der Waals surface area contributed by atoms with E-state index < -0.39 is 0 Å². The SMILES string of the molecule is CCCN1CC(NC(=O)OCc2ccccc2)C[C@@H]2c3cccc4[nH]cc(c34)C[C@H]21. The smallest absolute Gasteiger partial charge is 0.407 e. The third-order valence-electron chi connectivity index (χ3n) is 6.62. The van der Waals surface area contributed by atoms with E-state index in [1.165, 1.54) is 22.0 Å². The van der Waals surface area contributed by atoms with Crippen LogP contribution < -0.4 is 5.32 Å². The molecule has 1 unspecified atom stereocenters. The molecule has 5 heteroatoms. The molecular formula is C25H29N3O2. The number of rotatable bonds is 5. The molecule has 5 rings (SSSR count). The summed E-state index contributed by atoms with van der Waals surface area (Å²) in [6.45, 7) is 4.46. The van der Waals surface area contributed by atoms with Crippen LogP contribution in [0.15, 0.2) is 54.7 Å². The molecule has 1 fully saturated rings. The standard InChI is InChI=1S/C25H29N3O2/c1-2-11-28-15-19(27-25(29)30-16-17-7-4-3-5-8-17)13-21-20-9-6-10-22-24(20)18(14-26-22)12-23(21)28/h3-10,14,19,21,23,26H,2,11-13,15-16H2,1H3,(H,27,29)/t19?,21-,23-/m1/s1. The van der Waals surface area contributed by atoms with Crippen molar-refractivity contribution in [1.29, 1.82) is 0 Å². The van der Waals surface area contributed by atoms with E-state index in [9.17, 15) is 4.79 Å². The van der Waals surface area contributed by atoms with Gasteiger partial charge in [0.2, 0.25) is 0 Å². The van der Waals surface area contributed by atoms with E-state index in [1.807, 2.05) is 30.3 Å². The van der Waals surface area contributed by atoms with Gasteiger partial charge >= 0.3 is 6.09 Å². The summed E-state index contributed by atoms with van der Waals surface area (Å²) in [7, 11) is 0. The predicted octanol–water partition coefficient (Wildman–Crippen LogP) is 4.59.